The zero-order valence-corrected chi connectivity index (χ0v) is 16.3. The molecule has 27 heavy (non-hydrogen) atoms. The van der Waals surface area contributed by atoms with Gasteiger partial charge in [-0.1, -0.05) is 55.8 Å². The molecule has 5 aliphatic carbocycles. The molecule has 3 nitrogen and oxygen atoms in total. The van der Waals surface area contributed by atoms with E-state index in [1.54, 1.807) is 30.3 Å². The van der Waals surface area contributed by atoms with Crippen LogP contribution in [-0.2, 0) is 4.79 Å². The molecular weight excluding hydrogens is 358 g/mol. The molecule has 2 aromatic rings. The van der Waals surface area contributed by atoms with Crippen LogP contribution in [0.15, 0.2) is 48.5 Å². The van der Waals surface area contributed by atoms with E-state index < -0.39 is 0 Å². The van der Waals surface area contributed by atoms with Gasteiger partial charge in [-0.15, -0.1) is 0 Å². The third kappa shape index (κ3) is 1.84. The van der Waals surface area contributed by atoms with E-state index in [0.717, 1.165) is 19.3 Å². The maximum Gasteiger partial charge on any atom is 0.231 e. The molecule has 5 saturated carbocycles. The summed E-state index contributed by atoms with van der Waals surface area (Å²) in [6, 6.07) is 14.2. The van der Waals surface area contributed by atoms with Crippen LogP contribution in [0.3, 0.4) is 0 Å². The minimum Gasteiger partial charge on any atom is -0.325 e. The number of benzene rings is 2. The average molecular weight is 380 g/mol. The van der Waals surface area contributed by atoms with Crippen LogP contribution < -0.4 is 5.32 Å². The number of anilines is 1. The van der Waals surface area contributed by atoms with Gasteiger partial charge < -0.3 is 5.32 Å². The van der Waals surface area contributed by atoms with Crippen LogP contribution in [0.5, 0.6) is 0 Å². The van der Waals surface area contributed by atoms with Gasteiger partial charge in [-0.3, -0.25) is 9.59 Å². The predicted octanol–water partition coefficient (Wildman–Crippen LogP) is 5.34. The lowest BCUT2D eigenvalue weighted by atomic mass is 9.21. The average Bonchev–Trinajstić information content (AvgIpc) is 3.06. The predicted molar refractivity (Wildman–Crippen MR) is 106 cm³/mol. The minimum absolute atomic E-state index is 0.0701. The molecule has 7 rings (SSSR count). The first-order valence-corrected chi connectivity index (χ1v) is 9.92. The molecule has 0 spiro atoms. The molecule has 2 aromatic carbocycles. The first kappa shape index (κ1) is 17.0. The Morgan fingerprint density at radius 2 is 1.85 bits per heavy atom. The molecule has 1 amide bonds. The maximum absolute atomic E-state index is 13.3. The van der Waals surface area contributed by atoms with Gasteiger partial charge in [0, 0.05) is 16.1 Å². The molecule has 1 N–H and O–H groups in total. The number of amides is 1. The number of rotatable bonds is 4. The summed E-state index contributed by atoms with van der Waals surface area (Å²) in [5.41, 5.74) is 1.75. The van der Waals surface area contributed by atoms with Crippen molar-refractivity contribution in [2.45, 2.75) is 33.1 Å². The van der Waals surface area contributed by atoms with Gasteiger partial charge >= 0.3 is 0 Å². The van der Waals surface area contributed by atoms with Crippen molar-refractivity contribution >= 4 is 29.0 Å². The van der Waals surface area contributed by atoms with Crippen LogP contribution in [-0.4, -0.2) is 11.7 Å². The van der Waals surface area contributed by atoms with E-state index in [1.165, 1.54) is 0 Å². The number of carbonyl (C=O) groups excluding carboxylic acids is 2. The quantitative estimate of drug-likeness (QED) is 0.729. The van der Waals surface area contributed by atoms with Gasteiger partial charge in [0.25, 0.3) is 0 Å². The highest BCUT2D eigenvalue weighted by molar-refractivity contribution is 6.31. The summed E-state index contributed by atoms with van der Waals surface area (Å²) in [4.78, 5) is 26.3. The van der Waals surface area contributed by atoms with Crippen LogP contribution in [0.4, 0.5) is 5.69 Å². The van der Waals surface area contributed by atoms with Crippen molar-refractivity contribution in [2.75, 3.05) is 5.32 Å². The topological polar surface area (TPSA) is 46.2 Å². The first-order chi connectivity index (χ1) is 12.8. The van der Waals surface area contributed by atoms with Gasteiger partial charge in [0.2, 0.25) is 5.91 Å². The van der Waals surface area contributed by atoms with Crippen molar-refractivity contribution in [3.8, 4) is 0 Å². The maximum atomic E-state index is 13.3. The normalized spacial score (nSPS) is 35.1. The van der Waals surface area contributed by atoms with Gasteiger partial charge in [0.05, 0.1) is 11.1 Å². The Bertz CT molecular complexity index is 987. The first-order valence-electron chi connectivity index (χ1n) is 9.54. The van der Waals surface area contributed by atoms with Crippen molar-refractivity contribution in [1.82, 2.24) is 0 Å². The highest BCUT2D eigenvalue weighted by Crippen LogP contribution is 2.93. The largest absolute Gasteiger partial charge is 0.325 e. The zero-order valence-electron chi connectivity index (χ0n) is 15.5. The van der Waals surface area contributed by atoms with Crippen LogP contribution >= 0.6 is 11.6 Å². The SMILES string of the molecule is C[C@]12CC[C@H]3[C@]1(C)C[C@]32C(=O)Nc1ccc(Cl)cc1C(=O)c1ccccc1. The van der Waals surface area contributed by atoms with Gasteiger partial charge in [-0.25, -0.2) is 0 Å². The van der Waals surface area contributed by atoms with E-state index in [-0.39, 0.29) is 22.5 Å². The fourth-order valence-corrected chi connectivity index (χ4v) is 6.68. The molecule has 0 radical (unpaired) electrons. The van der Waals surface area contributed by atoms with Gasteiger partial charge in [-0.05, 0) is 54.2 Å². The van der Waals surface area contributed by atoms with E-state index in [1.807, 2.05) is 18.2 Å². The molecule has 0 aliphatic heterocycles. The second-order valence-electron chi connectivity index (χ2n) is 8.83. The highest BCUT2D eigenvalue weighted by atomic mass is 35.5. The Kier molecular flexibility index (Phi) is 3.29. The smallest absolute Gasteiger partial charge is 0.231 e. The highest BCUT2D eigenvalue weighted by Gasteiger charge is 2.91. The fraction of sp³-hybridized carbons (Fsp3) is 0.391. The van der Waals surface area contributed by atoms with Crippen molar-refractivity contribution in [2.24, 2.45) is 22.2 Å². The van der Waals surface area contributed by atoms with Crippen molar-refractivity contribution in [3.63, 3.8) is 0 Å². The third-order valence-electron chi connectivity index (χ3n) is 8.10. The second-order valence-corrected chi connectivity index (χ2v) is 9.26. The van der Waals surface area contributed by atoms with E-state index in [2.05, 4.69) is 19.2 Å². The summed E-state index contributed by atoms with van der Waals surface area (Å²) < 4.78 is 0. The summed E-state index contributed by atoms with van der Waals surface area (Å²) in [7, 11) is 0. The number of halogens is 1. The molecular formula is C23H22ClNO2. The molecule has 5 fully saturated rings. The molecule has 4 bridgehead atoms. The molecule has 4 heteroatoms. The minimum atomic E-state index is -0.256. The van der Waals surface area contributed by atoms with Crippen molar-refractivity contribution in [1.29, 1.82) is 0 Å². The lowest BCUT2D eigenvalue weighted by Crippen LogP contribution is -2.81. The van der Waals surface area contributed by atoms with Gasteiger partial charge in [-0.2, -0.15) is 0 Å². The number of carbonyl (C=O) groups is 2. The molecule has 4 atom stereocenters. The van der Waals surface area contributed by atoms with E-state index >= 15 is 0 Å². The Morgan fingerprint density at radius 3 is 2.48 bits per heavy atom. The molecule has 0 unspecified atom stereocenters. The Morgan fingerprint density at radius 1 is 1.11 bits per heavy atom. The summed E-state index contributed by atoms with van der Waals surface area (Å²) in [6.45, 7) is 4.59. The zero-order chi connectivity index (χ0) is 19.0. The van der Waals surface area contributed by atoms with Crippen molar-refractivity contribution < 1.29 is 9.59 Å². The van der Waals surface area contributed by atoms with Crippen LogP contribution in [0.1, 0.15) is 49.0 Å². The number of hydrogen-bond acceptors (Lipinski definition) is 2. The monoisotopic (exact) mass is 379 g/mol. The van der Waals surface area contributed by atoms with E-state index in [9.17, 15) is 9.59 Å². The molecule has 0 aromatic heterocycles. The Balaban J connectivity index is 1.47. The third-order valence-corrected chi connectivity index (χ3v) is 8.34. The molecule has 0 saturated heterocycles. The summed E-state index contributed by atoms with van der Waals surface area (Å²) in [6.07, 6.45) is 3.22. The standard InChI is InChI=1S/C23H22ClNO2/c1-21-13-23(18(21)10-11-22(21,23)2)20(27)25-17-9-8-15(24)12-16(17)19(26)14-6-4-3-5-7-14/h3-9,12,18H,10-11,13H2,1-2H3,(H,25,27)/t18-,21-,22-,23+/m0/s1. The second kappa shape index (κ2) is 5.23. The number of fused-ring (bicyclic) bond motifs is 1. The van der Waals surface area contributed by atoms with E-state index in [0.29, 0.717) is 33.2 Å². The lowest BCUT2D eigenvalue weighted by molar-refractivity contribution is -0.326. The van der Waals surface area contributed by atoms with Gasteiger partial charge in [0.15, 0.2) is 5.78 Å². The number of nitrogens with one attached hydrogen (secondary N) is 1. The summed E-state index contributed by atoms with van der Waals surface area (Å²) in [5, 5.41) is 3.58. The van der Waals surface area contributed by atoms with Crippen LogP contribution in [0.2, 0.25) is 5.02 Å². The molecule has 0 heterocycles. The van der Waals surface area contributed by atoms with Crippen LogP contribution in [0.25, 0.3) is 0 Å². The molecule has 138 valence electrons. The summed E-state index contributed by atoms with van der Waals surface area (Å²) >= 11 is 6.15. The van der Waals surface area contributed by atoms with Gasteiger partial charge in [0.1, 0.15) is 0 Å². The van der Waals surface area contributed by atoms with Crippen molar-refractivity contribution in [3.05, 3.63) is 64.7 Å². The Labute approximate surface area is 164 Å². The fourth-order valence-electron chi connectivity index (χ4n) is 6.51. The summed E-state index contributed by atoms with van der Waals surface area (Å²) in [5.74, 6) is 0.420. The van der Waals surface area contributed by atoms with Crippen LogP contribution in [0, 0.1) is 22.2 Å². The number of ketones is 1. The lowest BCUT2D eigenvalue weighted by Gasteiger charge is -2.81. The number of hydrogen-bond donors (Lipinski definition) is 1. The van der Waals surface area contributed by atoms with E-state index in [4.69, 9.17) is 11.6 Å². The molecule has 5 aliphatic rings. The Hall–Kier alpha value is -2.13.